The number of amides is 1. The normalized spacial score (nSPS) is 15.4. The Bertz CT molecular complexity index is 801. The first-order valence-corrected chi connectivity index (χ1v) is 8.70. The van der Waals surface area contributed by atoms with Crippen LogP contribution in [-0.4, -0.2) is 49.1 Å². The summed E-state index contributed by atoms with van der Waals surface area (Å²) >= 11 is 0. The summed E-state index contributed by atoms with van der Waals surface area (Å²) < 4.78 is 31.5. The predicted molar refractivity (Wildman–Crippen MR) is 96.5 cm³/mol. The van der Waals surface area contributed by atoms with Gasteiger partial charge in [0.25, 0.3) is 5.91 Å². The van der Waals surface area contributed by atoms with Crippen molar-refractivity contribution in [2.45, 2.75) is 13.0 Å². The molecule has 2 aromatic carbocycles. The summed E-state index contributed by atoms with van der Waals surface area (Å²) in [5, 5.41) is 0. The van der Waals surface area contributed by atoms with E-state index in [1.54, 1.807) is 4.90 Å². The van der Waals surface area contributed by atoms with Crippen LogP contribution >= 0.6 is 0 Å². The largest absolute Gasteiger partial charge is 0.449 e. The number of hydrogen-bond donors (Lipinski definition) is 0. The Hall–Kier alpha value is -2.96. The van der Waals surface area contributed by atoms with Crippen LogP contribution < -0.4 is 4.90 Å². The number of para-hydroxylation sites is 1. The fraction of sp³-hybridized carbons (Fsp3) is 0.300. The maximum absolute atomic E-state index is 13.2. The second-order valence-electron chi connectivity index (χ2n) is 6.35. The quantitative estimate of drug-likeness (QED) is 0.773. The molecular formula is C20H20F2N2O3. The number of esters is 1. The summed E-state index contributed by atoms with van der Waals surface area (Å²) in [6, 6.07) is 12.3. The number of carbonyl (C=O) groups excluding carboxylic acids is 2. The fourth-order valence-electron chi connectivity index (χ4n) is 3.03. The van der Waals surface area contributed by atoms with Crippen LogP contribution in [0.1, 0.15) is 17.3 Å². The van der Waals surface area contributed by atoms with Crippen molar-refractivity contribution in [2.24, 2.45) is 0 Å². The molecule has 0 unspecified atom stereocenters. The average Bonchev–Trinajstić information content (AvgIpc) is 2.67. The van der Waals surface area contributed by atoms with Crippen LogP contribution in [0.3, 0.4) is 0 Å². The number of halogens is 2. The highest BCUT2D eigenvalue weighted by Gasteiger charge is 2.27. The lowest BCUT2D eigenvalue weighted by molar-refractivity contribution is -0.140. The van der Waals surface area contributed by atoms with Crippen LogP contribution in [0.4, 0.5) is 14.5 Å². The van der Waals surface area contributed by atoms with Crippen molar-refractivity contribution < 1.29 is 23.1 Å². The molecule has 1 atom stereocenters. The molecule has 0 aliphatic carbocycles. The van der Waals surface area contributed by atoms with E-state index in [-0.39, 0.29) is 11.5 Å². The minimum atomic E-state index is -1.04. The third-order valence-electron chi connectivity index (χ3n) is 4.44. The summed E-state index contributed by atoms with van der Waals surface area (Å²) in [5.74, 6) is -3.01. The molecular weight excluding hydrogens is 354 g/mol. The van der Waals surface area contributed by atoms with Crippen LogP contribution in [-0.2, 0) is 9.53 Å². The fourth-order valence-corrected chi connectivity index (χ4v) is 3.03. The molecule has 0 spiro atoms. The SMILES string of the molecule is C[C@H](OC(=O)c1cc(F)cc(F)c1)C(=O)N1CCN(c2ccccc2)CC1. The van der Waals surface area contributed by atoms with Gasteiger partial charge in [-0.15, -0.1) is 0 Å². The monoisotopic (exact) mass is 374 g/mol. The van der Waals surface area contributed by atoms with Crippen molar-refractivity contribution in [2.75, 3.05) is 31.1 Å². The standard InChI is InChI=1S/C20H20F2N2O3/c1-14(27-20(26)15-11-16(21)13-17(22)12-15)19(25)24-9-7-23(8-10-24)18-5-3-2-4-6-18/h2-6,11-14H,7-10H2,1H3/t14-/m0/s1. The Balaban J connectivity index is 1.55. The highest BCUT2D eigenvalue weighted by atomic mass is 19.1. The van der Waals surface area contributed by atoms with Crippen LogP contribution in [0.15, 0.2) is 48.5 Å². The molecule has 0 N–H and O–H groups in total. The van der Waals surface area contributed by atoms with Gasteiger partial charge in [-0.2, -0.15) is 0 Å². The first-order chi connectivity index (χ1) is 12.9. The highest BCUT2D eigenvalue weighted by Crippen LogP contribution is 2.17. The Morgan fingerprint density at radius 1 is 0.963 bits per heavy atom. The van der Waals surface area contributed by atoms with E-state index in [0.717, 1.165) is 17.8 Å². The van der Waals surface area contributed by atoms with Gasteiger partial charge in [0.15, 0.2) is 6.10 Å². The van der Waals surface area contributed by atoms with Gasteiger partial charge in [-0.3, -0.25) is 4.79 Å². The van der Waals surface area contributed by atoms with E-state index in [2.05, 4.69) is 4.90 Å². The summed E-state index contributed by atoms with van der Waals surface area (Å²) in [4.78, 5) is 28.4. The van der Waals surface area contributed by atoms with Gasteiger partial charge in [-0.1, -0.05) is 18.2 Å². The van der Waals surface area contributed by atoms with Gasteiger partial charge in [0.1, 0.15) is 11.6 Å². The smallest absolute Gasteiger partial charge is 0.339 e. The second kappa shape index (κ2) is 8.16. The van der Waals surface area contributed by atoms with Crippen LogP contribution in [0.2, 0.25) is 0 Å². The summed E-state index contributed by atoms with van der Waals surface area (Å²) in [6.07, 6.45) is -1.04. The molecule has 5 nitrogen and oxygen atoms in total. The molecule has 0 saturated carbocycles. The molecule has 0 bridgehead atoms. The molecule has 7 heteroatoms. The minimum Gasteiger partial charge on any atom is -0.449 e. The van der Waals surface area contributed by atoms with Crippen molar-refractivity contribution in [1.82, 2.24) is 4.90 Å². The molecule has 1 aliphatic heterocycles. The minimum absolute atomic E-state index is 0.263. The van der Waals surface area contributed by atoms with Gasteiger partial charge >= 0.3 is 5.97 Å². The third kappa shape index (κ3) is 4.61. The molecule has 27 heavy (non-hydrogen) atoms. The number of rotatable bonds is 4. The Labute approximate surface area is 156 Å². The molecule has 1 heterocycles. The summed E-state index contributed by atoms with van der Waals surface area (Å²) in [7, 11) is 0. The van der Waals surface area contributed by atoms with Crippen LogP contribution in [0, 0.1) is 11.6 Å². The van der Waals surface area contributed by atoms with Gasteiger partial charge in [0.05, 0.1) is 5.56 Å². The number of carbonyl (C=O) groups is 2. The maximum atomic E-state index is 13.2. The van der Waals surface area contributed by atoms with Gasteiger partial charge < -0.3 is 14.5 Å². The Morgan fingerprint density at radius 2 is 1.56 bits per heavy atom. The van der Waals surface area contributed by atoms with E-state index < -0.39 is 23.7 Å². The van der Waals surface area contributed by atoms with Crippen LogP contribution in [0.5, 0.6) is 0 Å². The summed E-state index contributed by atoms with van der Waals surface area (Å²) in [6.45, 7) is 3.81. The van der Waals surface area contributed by atoms with E-state index >= 15 is 0 Å². The molecule has 3 rings (SSSR count). The zero-order valence-corrected chi connectivity index (χ0v) is 14.9. The van der Waals surface area contributed by atoms with E-state index in [1.165, 1.54) is 6.92 Å². The van der Waals surface area contributed by atoms with E-state index in [0.29, 0.717) is 32.2 Å². The van der Waals surface area contributed by atoms with Gasteiger partial charge in [-0.25, -0.2) is 13.6 Å². The van der Waals surface area contributed by atoms with E-state index in [4.69, 9.17) is 4.74 Å². The zero-order valence-electron chi connectivity index (χ0n) is 14.9. The number of anilines is 1. The molecule has 0 aromatic heterocycles. The lowest BCUT2D eigenvalue weighted by atomic mass is 10.2. The average molecular weight is 374 g/mol. The van der Waals surface area contributed by atoms with Gasteiger partial charge in [0.2, 0.25) is 0 Å². The maximum Gasteiger partial charge on any atom is 0.339 e. The molecule has 1 saturated heterocycles. The molecule has 1 amide bonds. The van der Waals surface area contributed by atoms with Crippen molar-refractivity contribution in [3.63, 3.8) is 0 Å². The van der Waals surface area contributed by atoms with Gasteiger partial charge in [-0.05, 0) is 31.2 Å². The number of nitrogens with zero attached hydrogens (tertiary/aromatic N) is 2. The number of hydrogen-bond acceptors (Lipinski definition) is 4. The van der Waals surface area contributed by atoms with Crippen molar-refractivity contribution in [1.29, 1.82) is 0 Å². The molecule has 1 aliphatic rings. The topological polar surface area (TPSA) is 49.9 Å². The van der Waals surface area contributed by atoms with Crippen LogP contribution in [0.25, 0.3) is 0 Å². The van der Waals surface area contributed by atoms with Crippen molar-refractivity contribution in [3.05, 3.63) is 65.7 Å². The first kappa shape index (κ1) is 18.8. The lowest BCUT2D eigenvalue weighted by Gasteiger charge is -2.37. The molecule has 1 fully saturated rings. The first-order valence-electron chi connectivity index (χ1n) is 8.70. The Kier molecular flexibility index (Phi) is 5.69. The number of piperazine rings is 1. The van der Waals surface area contributed by atoms with E-state index in [9.17, 15) is 18.4 Å². The summed E-state index contributed by atoms with van der Waals surface area (Å²) in [5.41, 5.74) is 0.832. The van der Waals surface area contributed by atoms with Crippen molar-refractivity contribution >= 4 is 17.6 Å². The third-order valence-corrected chi connectivity index (χ3v) is 4.44. The Morgan fingerprint density at radius 3 is 2.15 bits per heavy atom. The second-order valence-corrected chi connectivity index (χ2v) is 6.35. The molecule has 142 valence electrons. The predicted octanol–water partition coefficient (Wildman–Crippen LogP) is 2.86. The number of ether oxygens (including phenoxy) is 1. The molecule has 2 aromatic rings. The highest BCUT2D eigenvalue weighted by molar-refractivity contribution is 5.92. The van der Waals surface area contributed by atoms with Crippen molar-refractivity contribution in [3.8, 4) is 0 Å². The number of benzene rings is 2. The lowest BCUT2D eigenvalue weighted by Crippen LogP contribution is -2.51. The van der Waals surface area contributed by atoms with Gasteiger partial charge in [0, 0.05) is 37.9 Å². The van der Waals surface area contributed by atoms with E-state index in [1.807, 2.05) is 30.3 Å². The molecule has 0 radical (unpaired) electrons. The zero-order chi connectivity index (χ0) is 19.4.